The molecule has 0 saturated carbocycles. The molecule has 0 saturated heterocycles. The van der Waals surface area contributed by atoms with Crippen LogP contribution in [0.4, 0.5) is 0 Å². The summed E-state index contributed by atoms with van der Waals surface area (Å²) in [5, 5.41) is 2.26. The Morgan fingerprint density at radius 3 is 2.36 bits per heavy atom. The van der Waals surface area contributed by atoms with E-state index in [0.29, 0.717) is 0 Å². The van der Waals surface area contributed by atoms with Crippen molar-refractivity contribution in [3.05, 3.63) is 70.3 Å². The van der Waals surface area contributed by atoms with Gasteiger partial charge in [0.1, 0.15) is 22.9 Å². The summed E-state index contributed by atoms with van der Waals surface area (Å²) < 4.78 is 11.4. The van der Waals surface area contributed by atoms with E-state index in [9.17, 15) is 4.79 Å². The van der Waals surface area contributed by atoms with Crippen LogP contribution in [0.5, 0.6) is 11.5 Å². The van der Waals surface area contributed by atoms with E-state index in [0.717, 1.165) is 47.1 Å². The van der Waals surface area contributed by atoms with Gasteiger partial charge in [-0.1, -0.05) is 44.2 Å². The summed E-state index contributed by atoms with van der Waals surface area (Å²) in [7, 11) is 1.66. The highest BCUT2D eigenvalue weighted by atomic mass is 16.5. The average Bonchev–Trinajstić information content (AvgIpc) is 2.81. The number of rotatable bonds is 4. The highest BCUT2D eigenvalue weighted by Gasteiger charge is 2.31. The molecule has 3 nitrogen and oxygen atoms in total. The maximum Gasteiger partial charge on any atom is 0.136 e. The topological polar surface area (TPSA) is 35.5 Å². The lowest BCUT2D eigenvalue weighted by atomic mass is 9.86. The van der Waals surface area contributed by atoms with E-state index in [1.54, 1.807) is 14.0 Å². The predicted octanol–water partition coefficient (Wildman–Crippen LogP) is 7.65. The van der Waals surface area contributed by atoms with Gasteiger partial charge in [0.05, 0.1) is 7.11 Å². The lowest BCUT2D eigenvalue weighted by Gasteiger charge is -2.37. The number of Topliss-reactive ketones (excluding diaryl/α,β-unsaturated/α-hetero) is 1. The molecule has 4 rings (SSSR count). The highest BCUT2D eigenvalue weighted by Crippen LogP contribution is 2.40. The van der Waals surface area contributed by atoms with Crippen LogP contribution in [0.15, 0.2) is 42.5 Å². The van der Waals surface area contributed by atoms with Crippen LogP contribution in [-0.2, 0) is 11.2 Å². The molecule has 176 valence electrons. The van der Waals surface area contributed by atoms with Crippen LogP contribution in [0.3, 0.4) is 0 Å². The van der Waals surface area contributed by atoms with Crippen molar-refractivity contribution in [1.29, 1.82) is 0 Å². The van der Waals surface area contributed by atoms with Crippen molar-refractivity contribution < 1.29 is 14.3 Å². The first-order chi connectivity index (χ1) is 15.6. The zero-order valence-corrected chi connectivity index (χ0v) is 21.5. The van der Waals surface area contributed by atoms with Crippen LogP contribution < -0.4 is 9.47 Å². The second-order valence-corrected chi connectivity index (χ2v) is 9.65. The zero-order chi connectivity index (χ0) is 24.3. The Hall–Kier alpha value is -2.81. The summed E-state index contributed by atoms with van der Waals surface area (Å²) in [5.41, 5.74) is 6.58. The Labute approximate surface area is 199 Å². The van der Waals surface area contributed by atoms with Gasteiger partial charge in [-0.3, -0.25) is 4.79 Å². The van der Waals surface area contributed by atoms with E-state index >= 15 is 0 Å². The number of aryl methyl sites for hydroxylation is 2. The Morgan fingerprint density at radius 1 is 1.06 bits per heavy atom. The number of ketones is 1. The molecule has 0 bridgehead atoms. The zero-order valence-electron chi connectivity index (χ0n) is 21.5. The number of ether oxygens (including phenoxy) is 2. The van der Waals surface area contributed by atoms with E-state index in [-0.39, 0.29) is 17.3 Å². The molecule has 2 atom stereocenters. The van der Waals surface area contributed by atoms with E-state index < -0.39 is 0 Å². The summed E-state index contributed by atoms with van der Waals surface area (Å²) in [6.45, 7) is 14.5. The second-order valence-electron chi connectivity index (χ2n) is 9.65. The third kappa shape index (κ3) is 5.40. The van der Waals surface area contributed by atoms with Crippen LogP contribution in [0.2, 0.25) is 0 Å². The molecular weight excluding hydrogens is 408 g/mol. The standard InChI is InChI=1S/C15H16O2.C15H22O/c1-10(11(2)16)12-4-5-14-9-15(17-3)7-6-13(14)8-12;1-6-15(5)8-7-13-11(3)9-10(2)12(4)14(13)16-15/h4-10H,1-3H3;9H,6-8H2,1-5H3. The molecule has 3 aromatic carbocycles. The van der Waals surface area contributed by atoms with E-state index in [4.69, 9.17) is 9.47 Å². The molecule has 0 aromatic heterocycles. The van der Waals surface area contributed by atoms with Crippen molar-refractivity contribution in [2.24, 2.45) is 0 Å². The summed E-state index contributed by atoms with van der Waals surface area (Å²) in [6, 6.07) is 14.3. The van der Waals surface area contributed by atoms with Crippen molar-refractivity contribution in [1.82, 2.24) is 0 Å². The normalized spacial score (nSPS) is 17.9. The van der Waals surface area contributed by atoms with E-state index in [2.05, 4.69) is 46.8 Å². The van der Waals surface area contributed by atoms with E-state index in [1.807, 2.05) is 37.3 Å². The molecule has 0 N–H and O–H groups in total. The van der Waals surface area contributed by atoms with Gasteiger partial charge in [-0.2, -0.15) is 0 Å². The summed E-state index contributed by atoms with van der Waals surface area (Å²) in [6.07, 6.45) is 3.38. The van der Waals surface area contributed by atoms with Crippen molar-refractivity contribution in [3.63, 3.8) is 0 Å². The number of fused-ring (bicyclic) bond motifs is 2. The minimum absolute atomic E-state index is 0.0397. The van der Waals surface area contributed by atoms with Gasteiger partial charge in [-0.15, -0.1) is 0 Å². The lowest BCUT2D eigenvalue weighted by Crippen LogP contribution is -2.36. The molecule has 0 radical (unpaired) electrons. The average molecular weight is 447 g/mol. The van der Waals surface area contributed by atoms with Gasteiger partial charge in [-0.05, 0) is 105 Å². The fraction of sp³-hybridized carbons (Fsp3) is 0.433. The van der Waals surface area contributed by atoms with Crippen molar-refractivity contribution in [2.45, 2.75) is 79.2 Å². The fourth-order valence-electron chi connectivity index (χ4n) is 4.36. The van der Waals surface area contributed by atoms with Gasteiger partial charge in [0.15, 0.2) is 0 Å². The summed E-state index contributed by atoms with van der Waals surface area (Å²) >= 11 is 0. The molecule has 33 heavy (non-hydrogen) atoms. The quantitative estimate of drug-likeness (QED) is 0.413. The first-order valence-electron chi connectivity index (χ1n) is 12.0. The maximum atomic E-state index is 11.4. The number of hydrogen-bond donors (Lipinski definition) is 0. The van der Waals surface area contributed by atoms with Gasteiger partial charge >= 0.3 is 0 Å². The summed E-state index contributed by atoms with van der Waals surface area (Å²) in [4.78, 5) is 11.4. The van der Waals surface area contributed by atoms with Crippen LogP contribution in [0, 0.1) is 20.8 Å². The van der Waals surface area contributed by atoms with Crippen LogP contribution in [-0.4, -0.2) is 18.5 Å². The first-order valence-corrected chi connectivity index (χ1v) is 12.0. The minimum atomic E-state index is -0.0403. The minimum Gasteiger partial charge on any atom is -0.497 e. The molecule has 3 heteroatoms. The van der Waals surface area contributed by atoms with Crippen molar-refractivity contribution in [2.75, 3.05) is 7.11 Å². The molecule has 0 spiro atoms. The molecule has 1 heterocycles. The van der Waals surface area contributed by atoms with Gasteiger partial charge in [-0.25, -0.2) is 0 Å². The van der Waals surface area contributed by atoms with Crippen LogP contribution in [0.1, 0.15) is 74.3 Å². The largest absolute Gasteiger partial charge is 0.497 e. The van der Waals surface area contributed by atoms with Crippen molar-refractivity contribution in [3.8, 4) is 11.5 Å². The Kier molecular flexibility index (Phi) is 7.51. The lowest BCUT2D eigenvalue weighted by molar-refractivity contribution is -0.118. The molecule has 1 aliphatic heterocycles. The third-order valence-corrected chi connectivity index (χ3v) is 7.30. The Bertz CT molecular complexity index is 1160. The van der Waals surface area contributed by atoms with Gasteiger partial charge in [0, 0.05) is 5.92 Å². The molecule has 0 aliphatic carbocycles. The monoisotopic (exact) mass is 446 g/mol. The van der Waals surface area contributed by atoms with Gasteiger partial charge in [0.2, 0.25) is 0 Å². The van der Waals surface area contributed by atoms with Gasteiger partial charge < -0.3 is 9.47 Å². The van der Waals surface area contributed by atoms with E-state index in [1.165, 1.54) is 22.3 Å². The number of carbonyl (C=O) groups excluding carboxylic acids is 1. The molecule has 2 unspecified atom stereocenters. The molecular formula is C30H38O3. The Morgan fingerprint density at radius 2 is 1.73 bits per heavy atom. The van der Waals surface area contributed by atoms with Crippen LogP contribution in [0.25, 0.3) is 10.8 Å². The van der Waals surface area contributed by atoms with Gasteiger partial charge in [0.25, 0.3) is 0 Å². The number of benzene rings is 3. The summed E-state index contributed by atoms with van der Waals surface area (Å²) in [5.74, 6) is 2.16. The number of hydrogen-bond acceptors (Lipinski definition) is 3. The SMILES string of the molecule is CCC1(C)CCc2c(C)cc(C)c(C)c2O1.COc1ccc2cc(C(C)C(C)=O)ccc2c1. The predicted molar refractivity (Wildman–Crippen MR) is 138 cm³/mol. The Balaban J connectivity index is 0.000000186. The molecule has 3 aromatic rings. The number of carbonyl (C=O) groups is 1. The third-order valence-electron chi connectivity index (χ3n) is 7.30. The maximum absolute atomic E-state index is 11.4. The second kappa shape index (κ2) is 9.99. The molecule has 1 aliphatic rings. The fourth-order valence-corrected chi connectivity index (χ4v) is 4.36. The van der Waals surface area contributed by atoms with Crippen LogP contribution >= 0.6 is 0 Å². The van der Waals surface area contributed by atoms with Crippen molar-refractivity contribution >= 4 is 16.6 Å². The number of methoxy groups -OCH3 is 1. The smallest absolute Gasteiger partial charge is 0.136 e. The molecule has 0 fully saturated rings. The first kappa shape index (κ1) is 24.8. The highest BCUT2D eigenvalue weighted by molar-refractivity contribution is 5.88. The molecule has 0 amide bonds.